The highest BCUT2D eigenvalue weighted by Gasteiger charge is 2.35. The second kappa shape index (κ2) is 11.1. The molecule has 34 heavy (non-hydrogen) atoms. The number of hydrogen-bond donors (Lipinski definition) is 0. The fraction of sp³-hybridized carbons (Fsp3) is 0.154. The minimum Gasteiger partial charge on any atom is -0.495 e. The van der Waals surface area contributed by atoms with E-state index in [4.69, 9.17) is 31.2 Å². The maximum atomic E-state index is 13.2. The third-order valence-electron chi connectivity index (χ3n) is 4.99. The molecule has 6 nitrogen and oxygen atoms in total. The van der Waals surface area contributed by atoms with Crippen LogP contribution >= 0.6 is 24.0 Å². The Labute approximate surface area is 208 Å². The monoisotopic (exact) mass is 493 g/mol. The fourth-order valence-corrected chi connectivity index (χ4v) is 4.68. The molecule has 1 saturated heterocycles. The lowest BCUT2D eigenvalue weighted by atomic mass is 10.2. The van der Waals surface area contributed by atoms with Gasteiger partial charge in [-0.25, -0.2) is 0 Å². The molecule has 3 aromatic rings. The van der Waals surface area contributed by atoms with Crippen LogP contribution in [0, 0.1) is 0 Å². The van der Waals surface area contributed by atoms with Gasteiger partial charge >= 0.3 is 0 Å². The van der Waals surface area contributed by atoms with Crippen LogP contribution in [-0.4, -0.2) is 37.7 Å². The first kappa shape index (κ1) is 23.7. The summed E-state index contributed by atoms with van der Waals surface area (Å²) >= 11 is 6.75. The van der Waals surface area contributed by atoms with Crippen molar-refractivity contribution in [1.29, 1.82) is 0 Å². The Hall–Kier alpha value is -3.49. The minimum atomic E-state index is -0.200. The summed E-state index contributed by atoms with van der Waals surface area (Å²) in [6.07, 6.45) is 1.80. The van der Waals surface area contributed by atoms with Gasteiger partial charge in [-0.15, -0.1) is 0 Å². The quantitative estimate of drug-likeness (QED) is 0.219. The molecule has 1 amide bonds. The summed E-state index contributed by atoms with van der Waals surface area (Å²) in [6, 6.07) is 22.3. The highest BCUT2D eigenvalue weighted by molar-refractivity contribution is 8.27. The van der Waals surface area contributed by atoms with Gasteiger partial charge in [0.2, 0.25) is 0 Å². The van der Waals surface area contributed by atoms with Crippen LogP contribution in [0.4, 0.5) is 5.69 Å². The van der Waals surface area contributed by atoms with Gasteiger partial charge in [0.25, 0.3) is 5.91 Å². The zero-order valence-corrected chi connectivity index (χ0v) is 20.4. The predicted molar refractivity (Wildman–Crippen MR) is 139 cm³/mol. The molecule has 0 atom stereocenters. The Morgan fingerprint density at radius 3 is 2.06 bits per heavy atom. The van der Waals surface area contributed by atoms with Crippen LogP contribution in [0.25, 0.3) is 6.08 Å². The lowest BCUT2D eigenvalue weighted by molar-refractivity contribution is -0.113. The van der Waals surface area contributed by atoms with Crippen molar-refractivity contribution in [1.82, 2.24) is 0 Å². The first-order chi connectivity index (χ1) is 16.6. The second-order valence-electron chi connectivity index (χ2n) is 7.07. The van der Waals surface area contributed by atoms with Crippen LogP contribution in [0.1, 0.15) is 5.56 Å². The van der Waals surface area contributed by atoms with Crippen LogP contribution in [0.2, 0.25) is 0 Å². The number of para-hydroxylation sites is 5. The first-order valence-electron chi connectivity index (χ1n) is 10.5. The van der Waals surface area contributed by atoms with E-state index in [0.717, 1.165) is 5.56 Å². The van der Waals surface area contributed by atoms with Gasteiger partial charge in [-0.1, -0.05) is 66.4 Å². The van der Waals surface area contributed by atoms with E-state index < -0.39 is 0 Å². The summed E-state index contributed by atoms with van der Waals surface area (Å²) in [4.78, 5) is 15.2. The van der Waals surface area contributed by atoms with Gasteiger partial charge in [-0.2, -0.15) is 0 Å². The minimum absolute atomic E-state index is 0.200. The zero-order chi connectivity index (χ0) is 23.9. The summed E-state index contributed by atoms with van der Waals surface area (Å²) in [5.41, 5.74) is 1.40. The van der Waals surface area contributed by atoms with Gasteiger partial charge in [0, 0.05) is 5.56 Å². The molecule has 1 aliphatic heterocycles. The van der Waals surface area contributed by atoms with E-state index in [1.54, 1.807) is 26.4 Å². The maximum Gasteiger partial charge on any atom is 0.270 e. The average molecular weight is 494 g/mol. The Balaban J connectivity index is 1.47. The lowest BCUT2D eigenvalue weighted by Gasteiger charge is -2.17. The molecule has 8 heteroatoms. The molecule has 0 spiro atoms. The van der Waals surface area contributed by atoms with E-state index in [0.29, 0.717) is 51.1 Å². The van der Waals surface area contributed by atoms with Crippen LogP contribution in [0.3, 0.4) is 0 Å². The molecular weight excluding hydrogens is 470 g/mol. The largest absolute Gasteiger partial charge is 0.495 e. The molecule has 0 radical (unpaired) electrons. The lowest BCUT2D eigenvalue weighted by Crippen LogP contribution is -2.27. The van der Waals surface area contributed by atoms with Gasteiger partial charge in [-0.05, 0) is 36.4 Å². The average Bonchev–Trinajstić information content (AvgIpc) is 3.15. The molecule has 1 heterocycles. The summed E-state index contributed by atoms with van der Waals surface area (Å²) in [5, 5.41) is 0. The number of carbonyl (C=O) groups excluding carboxylic acids is 1. The molecule has 174 valence electrons. The number of benzene rings is 3. The van der Waals surface area contributed by atoms with E-state index >= 15 is 0 Å². The summed E-state index contributed by atoms with van der Waals surface area (Å²) in [6.45, 7) is 0.662. The topological polar surface area (TPSA) is 57.2 Å². The van der Waals surface area contributed by atoms with Gasteiger partial charge in [0.05, 0.1) is 24.8 Å². The van der Waals surface area contributed by atoms with Crippen LogP contribution in [0.5, 0.6) is 23.0 Å². The maximum absolute atomic E-state index is 13.2. The number of rotatable bonds is 9. The van der Waals surface area contributed by atoms with Crippen LogP contribution in [0.15, 0.2) is 77.7 Å². The van der Waals surface area contributed by atoms with Crippen molar-refractivity contribution in [3.05, 3.63) is 83.3 Å². The number of amides is 1. The normalized spacial score (nSPS) is 14.4. The number of anilines is 1. The predicted octanol–water partition coefficient (Wildman–Crippen LogP) is 5.57. The number of nitrogens with zero attached hydrogens (tertiary/aromatic N) is 1. The van der Waals surface area contributed by atoms with E-state index in [1.807, 2.05) is 66.7 Å². The van der Waals surface area contributed by atoms with Crippen molar-refractivity contribution in [2.75, 3.05) is 32.3 Å². The Kier molecular flexibility index (Phi) is 7.72. The number of carbonyl (C=O) groups is 1. The van der Waals surface area contributed by atoms with Crippen LogP contribution in [-0.2, 0) is 4.79 Å². The van der Waals surface area contributed by atoms with E-state index in [2.05, 4.69) is 0 Å². The number of methoxy groups -OCH3 is 2. The van der Waals surface area contributed by atoms with Crippen molar-refractivity contribution < 1.29 is 23.7 Å². The molecule has 0 aliphatic carbocycles. The highest BCUT2D eigenvalue weighted by atomic mass is 32.2. The Morgan fingerprint density at radius 1 is 0.794 bits per heavy atom. The molecule has 1 fully saturated rings. The summed E-state index contributed by atoms with van der Waals surface area (Å²) < 4.78 is 22.9. The van der Waals surface area contributed by atoms with E-state index in [1.165, 1.54) is 16.7 Å². The van der Waals surface area contributed by atoms with Crippen molar-refractivity contribution >= 4 is 46.0 Å². The van der Waals surface area contributed by atoms with Gasteiger partial charge in [0.1, 0.15) is 24.7 Å². The Morgan fingerprint density at radius 2 is 1.35 bits per heavy atom. The smallest absolute Gasteiger partial charge is 0.270 e. The third-order valence-corrected chi connectivity index (χ3v) is 6.30. The van der Waals surface area contributed by atoms with Crippen molar-refractivity contribution in [2.45, 2.75) is 0 Å². The second-order valence-corrected chi connectivity index (χ2v) is 8.75. The fourth-order valence-electron chi connectivity index (χ4n) is 3.40. The molecule has 0 aromatic heterocycles. The zero-order valence-electron chi connectivity index (χ0n) is 18.7. The molecular formula is C26H23NO5S2. The van der Waals surface area contributed by atoms with E-state index in [9.17, 15) is 4.79 Å². The third kappa shape index (κ3) is 5.18. The molecule has 0 unspecified atom stereocenters. The first-order valence-corrected chi connectivity index (χ1v) is 11.7. The van der Waals surface area contributed by atoms with E-state index in [-0.39, 0.29) is 5.91 Å². The van der Waals surface area contributed by atoms with Crippen molar-refractivity contribution in [3.8, 4) is 23.0 Å². The SMILES string of the molecule is COc1ccccc1OCCOc1ccccc1C=C1SC(=S)N(c2ccccc2OC)C1=O. The molecule has 3 aromatic carbocycles. The summed E-state index contributed by atoms with van der Waals surface area (Å²) in [7, 11) is 3.17. The Bertz CT molecular complexity index is 1230. The molecule has 1 aliphatic rings. The van der Waals surface area contributed by atoms with Crippen molar-refractivity contribution in [2.24, 2.45) is 0 Å². The highest BCUT2D eigenvalue weighted by Crippen LogP contribution is 2.40. The molecule has 0 N–H and O–H groups in total. The number of thioether (sulfide) groups is 1. The number of hydrogen-bond acceptors (Lipinski definition) is 7. The number of ether oxygens (including phenoxy) is 4. The van der Waals surface area contributed by atoms with Crippen molar-refractivity contribution in [3.63, 3.8) is 0 Å². The number of thiocarbonyl (C=S) groups is 1. The van der Waals surface area contributed by atoms with Gasteiger partial charge in [0.15, 0.2) is 15.8 Å². The standard InChI is InChI=1S/C26H23NO5S2/c1-29-21-12-6-4-10-19(21)27-25(28)24(34-26(27)33)17-18-9-3-5-11-20(18)31-15-16-32-23-14-8-7-13-22(23)30-2/h3-14,17H,15-16H2,1-2H3. The molecule has 0 bridgehead atoms. The van der Waals surface area contributed by atoms with Crippen LogP contribution < -0.4 is 23.8 Å². The van der Waals surface area contributed by atoms with Gasteiger partial charge < -0.3 is 18.9 Å². The molecule has 0 saturated carbocycles. The molecule has 4 rings (SSSR count). The van der Waals surface area contributed by atoms with Gasteiger partial charge in [-0.3, -0.25) is 9.69 Å². The summed E-state index contributed by atoms with van der Waals surface area (Å²) in [5.74, 6) is 2.35.